The van der Waals surface area contributed by atoms with Crippen molar-refractivity contribution in [2.24, 2.45) is 0 Å². The molecule has 0 aliphatic carbocycles. The summed E-state index contributed by atoms with van der Waals surface area (Å²) in [4.78, 5) is 12.4. The number of hydrogen-bond acceptors (Lipinski definition) is 5. The highest BCUT2D eigenvalue weighted by Gasteiger charge is 2.05. The lowest BCUT2D eigenvalue weighted by Gasteiger charge is -1.97. The van der Waals surface area contributed by atoms with E-state index in [1.54, 1.807) is 24.5 Å². The standard InChI is InChI=1S/C11H7FN4S/c12-7-2-3-8-9(6-7)17-11(15-8)16-10-13-4-1-5-14-10/h1-6H,(H,13,14,15,16). The summed E-state index contributed by atoms with van der Waals surface area (Å²) in [5.41, 5.74) is 0.759. The van der Waals surface area contributed by atoms with E-state index in [0.717, 1.165) is 10.2 Å². The number of halogens is 1. The average Bonchev–Trinajstić information content (AvgIpc) is 2.71. The number of thiazole rings is 1. The van der Waals surface area contributed by atoms with Crippen molar-refractivity contribution in [3.8, 4) is 0 Å². The van der Waals surface area contributed by atoms with E-state index in [2.05, 4.69) is 20.3 Å². The first kappa shape index (κ1) is 10.1. The molecule has 0 spiro atoms. The topological polar surface area (TPSA) is 50.7 Å². The first-order valence-electron chi connectivity index (χ1n) is 4.91. The second-order valence-electron chi connectivity index (χ2n) is 3.33. The van der Waals surface area contributed by atoms with E-state index >= 15 is 0 Å². The zero-order valence-electron chi connectivity index (χ0n) is 8.59. The summed E-state index contributed by atoms with van der Waals surface area (Å²) in [5.74, 6) is 0.218. The maximum absolute atomic E-state index is 13.0. The highest BCUT2D eigenvalue weighted by Crippen LogP contribution is 2.27. The smallest absolute Gasteiger partial charge is 0.228 e. The Morgan fingerprint density at radius 1 is 1.18 bits per heavy atom. The molecule has 0 saturated heterocycles. The third kappa shape index (κ3) is 2.07. The van der Waals surface area contributed by atoms with Gasteiger partial charge >= 0.3 is 0 Å². The van der Waals surface area contributed by atoms with Gasteiger partial charge in [0.05, 0.1) is 10.2 Å². The van der Waals surface area contributed by atoms with E-state index in [-0.39, 0.29) is 5.82 Å². The van der Waals surface area contributed by atoms with Gasteiger partial charge in [0, 0.05) is 12.4 Å². The fourth-order valence-corrected chi connectivity index (χ4v) is 2.30. The fourth-order valence-electron chi connectivity index (χ4n) is 1.41. The van der Waals surface area contributed by atoms with Gasteiger partial charge in [-0.3, -0.25) is 0 Å². The van der Waals surface area contributed by atoms with Crippen molar-refractivity contribution >= 4 is 32.6 Å². The molecule has 0 bridgehead atoms. The molecule has 0 saturated carbocycles. The maximum Gasteiger partial charge on any atom is 0.228 e. The van der Waals surface area contributed by atoms with Gasteiger partial charge in [-0.25, -0.2) is 19.3 Å². The maximum atomic E-state index is 13.0. The van der Waals surface area contributed by atoms with Crippen LogP contribution in [0.25, 0.3) is 10.2 Å². The second-order valence-corrected chi connectivity index (χ2v) is 4.36. The molecule has 0 fully saturated rings. The van der Waals surface area contributed by atoms with Gasteiger partial charge in [-0.1, -0.05) is 11.3 Å². The normalized spacial score (nSPS) is 10.6. The van der Waals surface area contributed by atoms with Gasteiger partial charge in [-0.2, -0.15) is 0 Å². The van der Waals surface area contributed by atoms with E-state index in [0.29, 0.717) is 11.1 Å². The van der Waals surface area contributed by atoms with Crippen LogP contribution in [0.4, 0.5) is 15.5 Å². The monoisotopic (exact) mass is 246 g/mol. The molecule has 0 atom stereocenters. The van der Waals surface area contributed by atoms with Gasteiger partial charge in [-0.05, 0) is 24.3 Å². The van der Waals surface area contributed by atoms with Crippen molar-refractivity contribution in [3.05, 3.63) is 42.5 Å². The van der Waals surface area contributed by atoms with Gasteiger partial charge in [0.15, 0.2) is 5.13 Å². The SMILES string of the molecule is Fc1ccc2nc(Nc3ncccn3)sc2c1. The van der Waals surface area contributed by atoms with Crippen LogP contribution in [0.15, 0.2) is 36.7 Å². The molecule has 3 rings (SSSR count). The van der Waals surface area contributed by atoms with Gasteiger partial charge in [0.25, 0.3) is 0 Å². The molecule has 17 heavy (non-hydrogen) atoms. The lowest BCUT2D eigenvalue weighted by Crippen LogP contribution is -1.94. The molecule has 4 nitrogen and oxygen atoms in total. The van der Waals surface area contributed by atoms with Crippen LogP contribution in [0.1, 0.15) is 0 Å². The fraction of sp³-hybridized carbons (Fsp3) is 0. The molecule has 3 aromatic rings. The Labute approximate surface area is 100 Å². The van der Waals surface area contributed by atoms with Crippen LogP contribution < -0.4 is 5.32 Å². The number of nitrogens with zero attached hydrogens (tertiary/aromatic N) is 3. The van der Waals surface area contributed by atoms with Gasteiger partial charge in [0.2, 0.25) is 5.95 Å². The Hall–Kier alpha value is -2.08. The van der Waals surface area contributed by atoms with Crippen LogP contribution in [0, 0.1) is 5.82 Å². The summed E-state index contributed by atoms with van der Waals surface area (Å²) >= 11 is 1.36. The lowest BCUT2D eigenvalue weighted by atomic mass is 10.3. The van der Waals surface area contributed by atoms with Crippen molar-refractivity contribution in [2.45, 2.75) is 0 Å². The molecule has 0 aliphatic heterocycles. The highest BCUT2D eigenvalue weighted by molar-refractivity contribution is 7.22. The van der Waals surface area contributed by atoms with Crippen molar-refractivity contribution in [1.82, 2.24) is 15.0 Å². The summed E-state index contributed by atoms with van der Waals surface area (Å²) in [7, 11) is 0. The van der Waals surface area contributed by atoms with Crippen molar-refractivity contribution in [3.63, 3.8) is 0 Å². The van der Waals surface area contributed by atoms with Gasteiger partial charge in [-0.15, -0.1) is 0 Å². The number of benzene rings is 1. The molecule has 0 unspecified atom stereocenters. The number of nitrogens with one attached hydrogen (secondary N) is 1. The third-order valence-electron chi connectivity index (χ3n) is 2.13. The quantitative estimate of drug-likeness (QED) is 0.755. The third-order valence-corrected chi connectivity index (χ3v) is 3.07. The number of aromatic nitrogens is 3. The number of hydrogen-bond donors (Lipinski definition) is 1. The molecule has 1 N–H and O–H groups in total. The van der Waals surface area contributed by atoms with E-state index in [1.807, 2.05) is 0 Å². The molecule has 0 radical (unpaired) electrons. The van der Waals surface area contributed by atoms with E-state index in [4.69, 9.17) is 0 Å². The zero-order chi connectivity index (χ0) is 11.7. The predicted molar refractivity (Wildman–Crippen MR) is 64.9 cm³/mol. The van der Waals surface area contributed by atoms with E-state index in [9.17, 15) is 4.39 Å². The van der Waals surface area contributed by atoms with Crippen LogP contribution in [0.2, 0.25) is 0 Å². The van der Waals surface area contributed by atoms with Crippen LogP contribution >= 0.6 is 11.3 Å². The van der Waals surface area contributed by atoms with Gasteiger partial charge in [0.1, 0.15) is 5.82 Å². The Balaban J connectivity index is 1.96. The molecule has 2 heterocycles. The van der Waals surface area contributed by atoms with Crippen molar-refractivity contribution in [1.29, 1.82) is 0 Å². The molecular formula is C11H7FN4S. The highest BCUT2D eigenvalue weighted by atomic mass is 32.1. The Kier molecular flexibility index (Phi) is 2.41. The number of anilines is 2. The molecule has 0 amide bonds. The number of fused-ring (bicyclic) bond motifs is 1. The Morgan fingerprint density at radius 2 is 2.00 bits per heavy atom. The van der Waals surface area contributed by atoms with Gasteiger partial charge < -0.3 is 5.32 Å². The molecule has 2 aromatic heterocycles. The molecule has 6 heteroatoms. The Morgan fingerprint density at radius 3 is 2.82 bits per heavy atom. The zero-order valence-corrected chi connectivity index (χ0v) is 9.41. The average molecular weight is 246 g/mol. The first-order chi connectivity index (χ1) is 8.31. The first-order valence-corrected chi connectivity index (χ1v) is 5.73. The Bertz CT molecular complexity index is 653. The molecular weight excluding hydrogens is 239 g/mol. The minimum absolute atomic E-state index is 0.260. The van der Waals surface area contributed by atoms with Crippen molar-refractivity contribution < 1.29 is 4.39 Å². The summed E-state index contributed by atoms with van der Waals surface area (Å²) in [5, 5.41) is 3.63. The predicted octanol–water partition coefficient (Wildman–Crippen LogP) is 2.97. The summed E-state index contributed by atoms with van der Waals surface area (Å²) in [6, 6.07) is 6.24. The summed E-state index contributed by atoms with van der Waals surface area (Å²) in [6.45, 7) is 0. The summed E-state index contributed by atoms with van der Waals surface area (Å²) < 4.78 is 13.8. The van der Waals surface area contributed by atoms with Crippen LogP contribution in [-0.4, -0.2) is 15.0 Å². The molecule has 0 aliphatic rings. The minimum Gasteiger partial charge on any atom is -0.300 e. The van der Waals surface area contributed by atoms with E-state index < -0.39 is 0 Å². The van der Waals surface area contributed by atoms with E-state index in [1.165, 1.54) is 23.5 Å². The van der Waals surface area contributed by atoms with Crippen LogP contribution in [-0.2, 0) is 0 Å². The second kappa shape index (κ2) is 4.06. The molecule has 1 aromatic carbocycles. The van der Waals surface area contributed by atoms with Crippen LogP contribution in [0.5, 0.6) is 0 Å². The largest absolute Gasteiger partial charge is 0.300 e. The number of rotatable bonds is 2. The van der Waals surface area contributed by atoms with Crippen molar-refractivity contribution in [2.75, 3.05) is 5.32 Å². The lowest BCUT2D eigenvalue weighted by molar-refractivity contribution is 0.630. The molecule has 84 valence electrons. The van der Waals surface area contributed by atoms with Crippen LogP contribution in [0.3, 0.4) is 0 Å². The minimum atomic E-state index is -0.260. The summed E-state index contributed by atoms with van der Waals surface area (Å²) in [6.07, 6.45) is 3.28.